The quantitative estimate of drug-likeness (QED) is 0.311. The van der Waals surface area contributed by atoms with Gasteiger partial charge in [0, 0.05) is 11.2 Å². The molecule has 2 aromatic carbocycles. The number of hydrogen-bond acceptors (Lipinski definition) is 4. The standard InChI is InChI=1S/C34H51N3O4/c1-13-21(3)28(36-32(40)41-33(8,9)10)31(39)37(34(11,12)14-2)29(26-19-18-22(4)25(7)20-26)30(38)35-27-23(5)16-15-17-24(27)6/h15-21,28-29H,13-14H2,1-12H3,(H,35,38)(H,36,40). The zero-order valence-corrected chi connectivity index (χ0v) is 27.2. The Bertz CT molecular complexity index is 1220. The molecule has 0 heterocycles. The molecule has 0 saturated heterocycles. The van der Waals surface area contributed by atoms with Gasteiger partial charge in [0.2, 0.25) is 5.91 Å². The lowest BCUT2D eigenvalue weighted by molar-refractivity contribution is -0.148. The smallest absolute Gasteiger partial charge is 0.408 e. The van der Waals surface area contributed by atoms with Gasteiger partial charge in [-0.05, 0) is 102 Å². The molecule has 226 valence electrons. The zero-order chi connectivity index (χ0) is 31.3. The van der Waals surface area contributed by atoms with Gasteiger partial charge in [-0.3, -0.25) is 9.59 Å². The van der Waals surface area contributed by atoms with Crippen LogP contribution in [0.3, 0.4) is 0 Å². The van der Waals surface area contributed by atoms with Crippen LogP contribution in [0.1, 0.15) is 102 Å². The fraction of sp³-hybridized carbons (Fsp3) is 0.559. The molecule has 0 aliphatic carbocycles. The van der Waals surface area contributed by atoms with E-state index in [2.05, 4.69) is 10.6 Å². The first-order chi connectivity index (χ1) is 18.9. The zero-order valence-electron chi connectivity index (χ0n) is 27.2. The van der Waals surface area contributed by atoms with Crippen molar-refractivity contribution >= 4 is 23.6 Å². The molecule has 0 aliphatic heterocycles. The maximum absolute atomic E-state index is 14.7. The number of aryl methyl sites for hydroxylation is 4. The van der Waals surface area contributed by atoms with E-state index in [1.54, 1.807) is 25.7 Å². The number of nitrogens with zero attached hydrogens (tertiary/aromatic N) is 1. The first-order valence-electron chi connectivity index (χ1n) is 14.7. The van der Waals surface area contributed by atoms with Crippen LogP contribution in [0.2, 0.25) is 0 Å². The molecule has 41 heavy (non-hydrogen) atoms. The molecule has 3 unspecified atom stereocenters. The Hall–Kier alpha value is -3.35. The molecule has 7 nitrogen and oxygen atoms in total. The molecule has 0 saturated carbocycles. The highest BCUT2D eigenvalue weighted by molar-refractivity contribution is 6.00. The average Bonchev–Trinajstić information content (AvgIpc) is 2.87. The van der Waals surface area contributed by atoms with E-state index in [1.165, 1.54) is 0 Å². The molecule has 0 spiro atoms. The van der Waals surface area contributed by atoms with Crippen LogP contribution < -0.4 is 10.6 Å². The third-order valence-corrected chi connectivity index (χ3v) is 7.99. The molecule has 2 rings (SSSR count). The summed E-state index contributed by atoms with van der Waals surface area (Å²) in [5.41, 5.74) is 4.01. The Morgan fingerprint density at radius 3 is 1.95 bits per heavy atom. The van der Waals surface area contributed by atoms with Crippen LogP contribution in [0.15, 0.2) is 36.4 Å². The Balaban J connectivity index is 2.74. The number of nitrogens with one attached hydrogen (secondary N) is 2. The number of anilines is 1. The minimum absolute atomic E-state index is 0.202. The van der Waals surface area contributed by atoms with E-state index in [1.807, 2.05) is 98.7 Å². The number of amides is 3. The molecule has 2 N–H and O–H groups in total. The van der Waals surface area contributed by atoms with Crippen molar-refractivity contribution in [1.29, 1.82) is 0 Å². The molecule has 0 aromatic heterocycles. The molecule has 3 atom stereocenters. The fourth-order valence-electron chi connectivity index (χ4n) is 4.77. The van der Waals surface area contributed by atoms with Gasteiger partial charge in [0.25, 0.3) is 5.91 Å². The molecule has 0 fully saturated rings. The van der Waals surface area contributed by atoms with E-state index in [0.717, 1.165) is 27.9 Å². The number of carbonyl (C=O) groups is 3. The summed E-state index contributed by atoms with van der Waals surface area (Å²) in [6.45, 7) is 23.1. The van der Waals surface area contributed by atoms with Gasteiger partial charge >= 0.3 is 6.09 Å². The van der Waals surface area contributed by atoms with Crippen molar-refractivity contribution in [3.8, 4) is 0 Å². The van der Waals surface area contributed by atoms with E-state index in [-0.39, 0.29) is 17.7 Å². The van der Waals surface area contributed by atoms with Crippen molar-refractivity contribution in [2.24, 2.45) is 5.92 Å². The summed E-state index contributed by atoms with van der Waals surface area (Å²) in [5, 5.41) is 6.00. The van der Waals surface area contributed by atoms with Gasteiger partial charge in [-0.25, -0.2) is 4.79 Å². The van der Waals surface area contributed by atoms with Crippen LogP contribution in [0.4, 0.5) is 10.5 Å². The van der Waals surface area contributed by atoms with E-state index >= 15 is 0 Å². The SMILES string of the molecule is CCC(C)C(NC(=O)OC(C)(C)C)C(=O)N(C(C(=O)Nc1c(C)cccc1C)c1ccc(C)c(C)c1)C(C)(C)CC. The molecular weight excluding hydrogens is 514 g/mol. The Labute approximate surface area is 247 Å². The van der Waals surface area contributed by atoms with Crippen LogP contribution in [-0.2, 0) is 14.3 Å². The number of ether oxygens (including phenoxy) is 1. The van der Waals surface area contributed by atoms with Crippen LogP contribution >= 0.6 is 0 Å². The van der Waals surface area contributed by atoms with Gasteiger partial charge in [-0.2, -0.15) is 0 Å². The largest absolute Gasteiger partial charge is 0.444 e. The normalized spacial score (nSPS) is 14.0. The first kappa shape index (κ1) is 33.9. The molecule has 3 amide bonds. The maximum Gasteiger partial charge on any atom is 0.408 e. The summed E-state index contributed by atoms with van der Waals surface area (Å²) in [5.74, 6) is -0.829. The van der Waals surface area contributed by atoms with Crippen molar-refractivity contribution in [3.05, 3.63) is 64.2 Å². The molecule has 2 aromatic rings. The van der Waals surface area contributed by atoms with Crippen LogP contribution in [0.25, 0.3) is 0 Å². The van der Waals surface area contributed by atoms with Crippen LogP contribution in [-0.4, -0.2) is 40.0 Å². The van der Waals surface area contributed by atoms with E-state index in [4.69, 9.17) is 4.74 Å². The minimum atomic E-state index is -0.942. The number of para-hydroxylation sites is 1. The van der Waals surface area contributed by atoms with Gasteiger partial charge in [0.05, 0.1) is 0 Å². The first-order valence-corrected chi connectivity index (χ1v) is 14.7. The Kier molecular flexibility index (Phi) is 11.2. The predicted molar refractivity (Wildman–Crippen MR) is 167 cm³/mol. The van der Waals surface area contributed by atoms with E-state index < -0.39 is 29.3 Å². The van der Waals surface area contributed by atoms with Gasteiger partial charge < -0.3 is 20.3 Å². The second kappa shape index (κ2) is 13.5. The van der Waals surface area contributed by atoms with Gasteiger partial charge in [0.1, 0.15) is 17.7 Å². The average molecular weight is 566 g/mol. The van der Waals surface area contributed by atoms with Gasteiger partial charge in [-0.1, -0.05) is 63.6 Å². The van der Waals surface area contributed by atoms with E-state index in [0.29, 0.717) is 18.4 Å². The lowest BCUT2D eigenvalue weighted by Gasteiger charge is -2.45. The van der Waals surface area contributed by atoms with Crippen molar-refractivity contribution in [3.63, 3.8) is 0 Å². The summed E-state index contributed by atoms with van der Waals surface area (Å²) >= 11 is 0. The summed E-state index contributed by atoms with van der Waals surface area (Å²) < 4.78 is 5.53. The minimum Gasteiger partial charge on any atom is -0.444 e. The highest BCUT2D eigenvalue weighted by Gasteiger charge is 2.44. The molecular formula is C34H51N3O4. The summed E-state index contributed by atoms with van der Waals surface area (Å²) in [6.07, 6.45) is 0.583. The van der Waals surface area contributed by atoms with Gasteiger partial charge in [0.15, 0.2) is 0 Å². The van der Waals surface area contributed by atoms with Crippen molar-refractivity contribution < 1.29 is 19.1 Å². The topological polar surface area (TPSA) is 87.7 Å². The number of hydrogen-bond donors (Lipinski definition) is 2. The highest BCUT2D eigenvalue weighted by Crippen LogP contribution is 2.35. The van der Waals surface area contributed by atoms with Crippen LogP contribution in [0.5, 0.6) is 0 Å². The molecule has 7 heteroatoms. The fourth-order valence-corrected chi connectivity index (χ4v) is 4.77. The summed E-state index contributed by atoms with van der Waals surface area (Å²) in [6, 6.07) is 9.92. The summed E-state index contributed by atoms with van der Waals surface area (Å²) in [4.78, 5) is 43.7. The number of benzene rings is 2. The van der Waals surface area contributed by atoms with E-state index in [9.17, 15) is 14.4 Å². The number of carbonyl (C=O) groups excluding carboxylic acids is 3. The number of rotatable bonds is 10. The molecule has 0 radical (unpaired) electrons. The highest BCUT2D eigenvalue weighted by atomic mass is 16.6. The monoisotopic (exact) mass is 565 g/mol. The predicted octanol–water partition coefficient (Wildman–Crippen LogP) is 7.56. The summed E-state index contributed by atoms with van der Waals surface area (Å²) in [7, 11) is 0. The number of alkyl carbamates (subject to hydrolysis) is 1. The van der Waals surface area contributed by atoms with Gasteiger partial charge in [-0.15, -0.1) is 0 Å². The maximum atomic E-state index is 14.7. The van der Waals surface area contributed by atoms with Crippen LogP contribution in [0, 0.1) is 33.6 Å². The lowest BCUT2D eigenvalue weighted by atomic mass is 9.88. The second-order valence-electron chi connectivity index (χ2n) is 12.9. The lowest BCUT2D eigenvalue weighted by Crippen LogP contribution is -2.60. The Morgan fingerprint density at radius 2 is 1.46 bits per heavy atom. The molecule has 0 bridgehead atoms. The molecule has 0 aliphatic rings. The van der Waals surface area contributed by atoms with Crippen molar-refractivity contribution in [2.45, 2.75) is 119 Å². The second-order valence-corrected chi connectivity index (χ2v) is 12.9. The Morgan fingerprint density at radius 1 is 0.878 bits per heavy atom. The van der Waals surface area contributed by atoms with Crippen molar-refractivity contribution in [2.75, 3.05) is 5.32 Å². The third kappa shape index (κ3) is 8.57. The van der Waals surface area contributed by atoms with Crippen molar-refractivity contribution in [1.82, 2.24) is 10.2 Å². The third-order valence-electron chi connectivity index (χ3n) is 7.99.